The predicted molar refractivity (Wildman–Crippen MR) is 55.1 cm³/mol. The van der Waals surface area contributed by atoms with Gasteiger partial charge < -0.3 is 5.32 Å². The average molecular weight is 214 g/mol. The van der Waals surface area contributed by atoms with Gasteiger partial charge in [-0.3, -0.25) is 9.69 Å². The average Bonchev–Trinajstić information content (AvgIpc) is 2.30. The molecule has 0 bridgehead atoms. The van der Waals surface area contributed by atoms with Gasteiger partial charge in [0.25, 0.3) is 5.91 Å². The molecule has 1 N–H and O–H groups in total. The summed E-state index contributed by atoms with van der Waals surface area (Å²) in [7, 11) is 1.54. The Kier molecular flexibility index (Phi) is 2.21. The number of carbonyl (C=O) groups excluding carboxylic acids is 2. The third-order valence-electron chi connectivity index (χ3n) is 3.04. The first kappa shape index (κ1) is 9.83. The molecule has 5 heteroatoms. The van der Waals surface area contributed by atoms with Crippen molar-refractivity contribution in [3.63, 3.8) is 0 Å². The van der Waals surface area contributed by atoms with Gasteiger partial charge in [0, 0.05) is 7.05 Å². The van der Waals surface area contributed by atoms with Gasteiger partial charge in [0.1, 0.15) is 5.54 Å². The molecule has 0 unspecified atom stereocenters. The molecule has 2 fully saturated rings. The van der Waals surface area contributed by atoms with E-state index in [0.717, 1.165) is 18.6 Å². The molecule has 1 spiro atoms. The molecule has 4 nitrogen and oxygen atoms in total. The first-order valence-corrected chi connectivity index (χ1v) is 6.08. The molecule has 1 saturated heterocycles. The summed E-state index contributed by atoms with van der Waals surface area (Å²) < 4.78 is 0. The molecule has 1 heterocycles. The summed E-state index contributed by atoms with van der Waals surface area (Å²) in [5.74, 6) is 1.61. The number of hydrogen-bond acceptors (Lipinski definition) is 3. The van der Waals surface area contributed by atoms with Crippen molar-refractivity contribution in [2.45, 2.75) is 18.4 Å². The molecule has 1 aliphatic heterocycles. The second-order valence-corrected chi connectivity index (χ2v) is 5.02. The van der Waals surface area contributed by atoms with Crippen LogP contribution in [0.1, 0.15) is 12.8 Å². The minimum atomic E-state index is -0.535. The third-order valence-corrected chi connectivity index (χ3v) is 3.85. The van der Waals surface area contributed by atoms with Crippen LogP contribution in [0, 0.1) is 5.92 Å². The lowest BCUT2D eigenvalue weighted by atomic mass is 9.69. The smallest absolute Gasteiger partial charge is 0.323 e. The van der Waals surface area contributed by atoms with Crippen molar-refractivity contribution in [3.05, 3.63) is 0 Å². The van der Waals surface area contributed by atoms with E-state index in [-0.39, 0.29) is 11.9 Å². The highest BCUT2D eigenvalue weighted by atomic mass is 32.2. The van der Waals surface area contributed by atoms with Crippen molar-refractivity contribution in [1.82, 2.24) is 10.2 Å². The number of nitrogens with zero attached hydrogens (tertiary/aromatic N) is 1. The van der Waals surface area contributed by atoms with Gasteiger partial charge in [0.15, 0.2) is 0 Å². The summed E-state index contributed by atoms with van der Waals surface area (Å²) >= 11 is 1.79. The number of hydrogen-bond donors (Lipinski definition) is 1. The predicted octanol–water partition coefficient (Wildman–Crippen LogP) is 0.680. The van der Waals surface area contributed by atoms with E-state index in [1.807, 2.05) is 0 Å². The van der Waals surface area contributed by atoms with Crippen LogP contribution in [0.4, 0.5) is 4.79 Å². The van der Waals surface area contributed by atoms with Crippen LogP contribution in [0.2, 0.25) is 0 Å². The Morgan fingerprint density at radius 2 is 2.21 bits per heavy atom. The van der Waals surface area contributed by atoms with Gasteiger partial charge in [-0.05, 0) is 30.8 Å². The fraction of sp³-hybridized carbons (Fsp3) is 0.778. The number of urea groups is 1. The van der Waals surface area contributed by atoms with Crippen LogP contribution in [0.5, 0.6) is 0 Å². The summed E-state index contributed by atoms with van der Waals surface area (Å²) in [5.41, 5.74) is -0.535. The van der Waals surface area contributed by atoms with Crippen LogP contribution in [-0.4, -0.2) is 41.4 Å². The molecular weight excluding hydrogens is 200 g/mol. The largest absolute Gasteiger partial charge is 0.324 e. The first-order chi connectivity index (χ1) is 6.59. The van der Waals surface area contributed by atoms with Crippen molar-refractivity contribution in [2.24, 2.45) is 5.92 Å². The van der Waals surface area contributed by atoms with Crippen LogP contribution in [0.25, 0.3) is 0 Å². The normalized spacial score (nSPS) is 36.1. The Labute approximate surface area is 87.4 Å². The van der Waals surface area contributed by atoms with Gasteiger partial charge in [0.05, 0.1) is 0 Å². The Balaban J connectivity index is 2.01. The van der Waals surface area contributed by atoms with Crippen LogP contribution in [0.3, 0.4) is 0 Å². The van der Waals surface area contributed by atoms with Crippen molar-refractivity contribution in [1.29, 1.82) is 0 Å². The quantitative estimate of drug-likeness (QED) is 0.688. The van der Waals surface area contributed by atoms with E-state index in [9.17, 15) is 9.59 Å². The molecule has 78 valence electrons. The number of imide groups is 1. The monoisotopic (exact) mass is 214 g/mol. The highest BCUT2D eigenvalue weighted by molar-refractivity contribution is 7.98. The van der Waals surface area contributed by atoms with E-state index in [4.69, 9.17) is 0 Å². The number of amides is 3. The zero-order chi connectivity index (χ0) is 10.3. The van der Waals surface area contributed by atoms with E-state index < -0.39 is 5.54 Å². The summed E-state index contributed by atoms with van der Waals surface area (Å²) in [4.78, 5) is 24.1. The summed E-state index contributed by atoms with van der Waals surface area (Å²) in [6.07, 6.45) is 3.68. The Hall–Kier alpha value is -0.710. The zero-order valence-electron chi connectivity index (χ0n) is 8.37. The van der Waals surface area contributed by atoms with Gasteiger partial charge in [-0.25, -0.2) is 4.79 Å². The summed E-state index contributed by atoms with van der Waals surface area (Å²) in [6.45, 7) is 0. The minimum Gasteiger partial charge on any atom is -0.323 e. The first-order valence-electron chi connectivity index (χ1n) is 4.68. The van der Waals surface area contributed by atoms with Crippen molar-refractivity contribution >= 4 is 23.7 Å². The van der Waals surface area contributed by atoms with Gasteiger partial charge in [-0.1, -0.05) is 0 Å². The van der Waals surface area contributed by atoms with Crippen molar-refractivity contribution in [2.75, 3.05) is 19.1 Å². The van der Waals surface area contributed by atoms with E-state index in [1.165, 1.54) is 11.9 Å². The second-order valence-electron chi connectivity index (χ2n) is 4.11. The van der Waals surface area contributed by atoms with Crippen molar-refractivity contribution < 1.29 is 9.59 Å². The van der Waals surface area contributed by atoms with E-state index >= 15 is 0 Å². The van der Waals surface area contributed by atoms with E-state index in [0.29, 0.717) is 5.92 Å². The number of nitrogens with one attached hydrogen (secondary N) is 1. The van der Waals surface area contributed by atoms with Crippen LogP contribution < -0.4 is 5.32 Å². The zero-order valence-corrected chi connectivity index (χ0v) is 9.19. The number of thioether (sulfide) groups is 1. The number of rotatable bonds is 2. The fourth-order valence-corrected chi connectivity index (χ4v) is 3.02. The van der Waals surface area contributed by atoms with E-state index in [1.54, 1.807) is 11.8 Å². The SMILES string of the molecule is CSCC1CC2(C1)NC(=O)N(C)C2=O. The maximum Gasteiger partial charge on any atom is 0.324 e. The number of carbonyl (C=O) groups is 2. The summed E-state index contributed by atoms with van der Waals surface area (Å²) in [5, 5.41) is 2.78. The molecule has 3 amide bonds. The Bertz CT molecular complexity index is 287. The molecule has 0 atom stereocenters. The molecule has 2 aliphatic rings. The lowest BCUT2D eigenvalue weighted by Crippen LogP contribution is -2.57. The molecule has 1 saturated carbocycles. The standard InChI is InChI=1S/C9H14N2O2S/c1-11-7(12)9(10-8(11)13)3-6(4-9)5-14-2/h6H,3-5H2,1-2H3,(H,10,13). The maximum absolute atomic E-state index is 11.7. The molecule has 1 aliphatic carbocycles. The van der Waals surface area contributed by atoms with Crippen LogP contribution >= 0.6 is 11.8 Å². The Morgan fingerprint density at radius 3 is 2.64 bits per heavy atom. The molecule has 0 radical (unpaired) electrons. The van der Waals surface area contributed by atoms with Gasteiger partial charge in [-0.2, -0.15) is 11.8 Å². The molecule has 2 rings (SSSR count). The second kappa shape index (κ2) is 3.15. The molecule has 14 heavy (non-hydrogen) atoms. The molecule has 0 aromatic rings. The molecule has 0 aromatic carbocycles. The van der Waals surface area contributed by atoms with Gasteiger partial charge in [-0.15, -0.1) is 0 Å². The maximum atomic E-state index is 11.7. The number of likely N-dealkylation sites (N-methyl/N-ethyl adjacent to an activating group) is 1. The molecule has 0 aromatic heterocycles. The lowest BCUT2D eigenvalue weighted by Gasteiger charge is -2.42. The van der Waals surface area contributed by atoms with E-state index in [2.05, 4.69) is 11.6 Å². The topological polar surface area (TPSA) is 49.4 Å². The minimum absolute atomic E-state index is 0.0557. The Morgan fingerprint density at radius 1 is 1.57 bits per heavy atom. The highest BCUT2D eigenvalue weighted by Gasteiger charge is 2.57. The van der Waals surface area contributed by atoms with Crippen LogP contribution in [-0.2, 0) is 4.79 Å². The fourth-order valence-electron chi connectivity index (χ4n) is 2.31. The van der Waals surface area contributed by atoms with Gasteiger partial charge >= 0.3 is 6.03 Å². The third kappa shape index (κ3) is 1.22. The van der Waals surface area contributed by atoms with Crippen LogP contribution in [0.15, 0.2) is 0 Å². The van der Waals surface area contributed by atoms with Crippen molar-refractivity contribution in [3.8, 4) is 0 Å². The molecular formula is C9H14N2O2S. The van der Waals surface area contributed by atoms with Gasteiger partial charge in [0.2, 0.25) is 0 Å². The highest BCUT2D eigenvalue weighted by Crippen LogP contribution is 2.42. The lowest BCUT2D eigenvalue weighted by molar-refractivity contribution is -0.134. The summed E-state index contributed by atoms with van der Waals surface area (Å²) in [6, 6.07) is -0.252.